The Morgan fingerprint density at radius 1 is 1.16 bits per heavy atom. The fraction of sp³-hybridized carbons (Fsp3) is 1.00. The summed E-state index contributed by atoms with van der Waals surface area (Å²) in [5, 5.41) is 13.8. The van der Waals surface area contributed by atoms with Gasteiger partial charge in [-0.3, -0.25) is 4.90 Å². The molecule has 1 saturated heterocycles. The molecule has 0 amide bonds. The van der Waals surface area contributed by atoms with Gasteiger partial charge in [0.2, 0.25) is 0 Å². The van der Waals surface area contributed by atoms with Crippen LogP contribution in [-0.4, -0.2) is 48.3 Å². The number of hydrogen-bond donors (Lipinski definition) is 2. The van der Waals surface area contributed by atoms with Gasteiger partial charge >= 0.3 is 0 Å². The first-order valence-electron chi connectivity index (χ1n) is 8.30. The van der Waals surface area contributed by atoms with Crippen molar-refractivity contribution in [3.05, 3.63) is 0 Å². The number of nitrogens with one attached hydrogen (secondary N) is 1. The Balaban J connectivity index is 1.80. The van der Waals surface area contributed by atoms with E-state index >= 15 is 0 Å². The predicted octanol–water partition coefficient (Wildman–Crippen LogP) is 2.39. The van der Waals surface area contributed by atoms with E-state index in [2.05, 4.69) is 17.1 Å². The van der Waals surface area contributed by atoms with Crippen molar-refractivity contribution < 1.29 is 5.11 Å². The van der Waals surface area contributed by atoms with Crippen molar-refractivity contribution in [2.45, 2.75) is 76.5 Å². The first-order valence-corrected chi connectivity index (χ1v) is 8.30. The molecule has 0 aromatic carbocycles. The van der Waals surface area contributed by atoms with E-state index in [0.29, 0.717) is 12.1 Å². The number of hydrogen-bond acceptors (Lipinski definition) is 3. The normalized spacial score (nSPS) is 29.5. The molecule has 1 aliphatic heterocycles. The van der Waals surface area contributed by atoms with Crippen LogP contribution >= 0.6 is 0 Å². The van der Waals surface area contributed by atoms with E-state index in [0.717, 1.165) is 18.9 Å². The lowest BCUT2D eigenvalue weighted by Gasteiger charge is -2.40. The summed E-state index contributed by atoms with van der Waals surface area (Å²) in [5.74, 6) is 0.792. The second-order valence-corrected chi connectivity index (χ2v) is 6.68. The highest BCUT2D eigenvalue weighted by Gasteiger charge is 2.28. The van der Waals surface area contributed by atoms with Crippen LogP contribution in [0.15, 0.2) is 0 Å². The second kappa shape index (κ2) is 7.61. The van der Waals surface area contributed by atoms with E-state index in [1.807, 2.05) is 7.05 Å². The van der Waals surface area contributed by atoms with Gasteiger partial charge < -0.3 is 10.4 Å². The van der Waals surface area contributed by atoms with Gasteiger partial charge in [0.15, 0.2) is 0 Å². The lowest BCUT2D eigenvalue weighted by molar-refractivity contribution is 0.0444. The molecular weight excluding hydrogens is 236 g/mol. The fourth-order valence-electron chi connectivity index (χ4n) is 3.98. The zero-order valence-electron chi connectivity index (χ0n) is 12.8. The van der Waals surface area contributed by atoms with E-state index in [1.165, 1.54) is 51.5 Å². The standard InChI is InChI=1S/C16H32N2O/c1-13(17-2)16-9-5-6-10-18(16)12-15(19)11-14-7-3-4-8-14/h13-17,19H,3-12H2,1-2H3. The zero-order chi connectivity index (χ0) is 13.7. The number of aliphatic hydroxyl groups excluding tert-OH is 1. The lowest BCUT2D eigenvalue weighted by atomic mass is 9.94. The van der Waals surface area contributed by atoms with Gasteiger partial charge in [-0.05, 0) is 45.7 Å². The van der Waals surface area contributed by atoms with Crippen LogP contribution in [0, 0.1) is 5.92 Å². The molecule has 0 aromatic heterocycles. The molecule has 1 aliphatic carbocycles. The summed E-state index contributed by atoms with van der Waals surface area (Å²) >= 11 is 0. The molecule has 0 aromatic rings. The number of rotatable bonds is 6. The van der Waals surface area contributed by atoms with E-state index in [-0.39, 0.29) is 6.10 Å². The Morgan fingerprint density at radius 2 is 1.84 bits per heavy atom. The minimum absolute atomic E-state index is 0.118. The average Bonchev–Trinajstić information content (AvgIpc) is 2.91. The van der Waals surface area contributed by atoms with E-state index in [1.54, 1.807) is 0 Å². The van der Waals surface area contributed by atoms with Gasteiger partial charge in [0.05, 0.1) is 6.10 Å². The van der Waals surface area contributed by atoms with Gasteiger partial charge in [-0.15, -0.1) is 0 Å². The van der Waals surface area contributed by atoms with Crippen LogP contribution in [0.25, 0.3) is 0 Å². The molecule has 0 spiro atoms. The van der Waals surface area contributed by atoms with Crippen LogP contribution in [0.3, 0.4) is 0 Å². The summed E-state index contributed by atoms with van der Waals surface area (Å²) in [6, 6.07) is 1.14. The number of aliphatic hydroxyl groups is 1. The molecule has 3 atom stereocenters. The third kappa shape index (κ3) is 4.44. The van der Waals surface area contributed by atoms with Crippen LogP contribution in [0.4, 0.5) is 0 Å². The number of β-amino-alcohol motifs (C(OH)–C–C–N with tert-alkyl or cyclic N) is 1. The third-order valence-corrected chi connectivity index (χ3v) is 5.22. The molecule has 112 valence electrons. The Hall–Kier alpha value is -0.120. The van der Waals surface area contributed by atoms with Gasteiger partial charge in [0, 0.05) is 18.6 Å². The Bertz CT molecular complexity index is 253. The number of nitrogens with zero attached hydrogens (tertiary/aromatic N) is 1. The molecule has 2 rings (SSSR count). The minimum Gasteiger partial charge on any atom is -0.392 e. The van der Waals surface area contributed by atoms with E-state index < -0.39 is 0 Å². The maximum atomic E-state index is 10.4. The fourth-order valence-corrected chi connectivity index (χ4v) is 3.98. The van der Waals surface area contributed by atoms with Gasteiger partial charge in [-0.2, -0.15) is 0 Å². The number of piperidine rings is 1. The van der Waals surface area contributed by atoms with Crippen molar-refractivity contribution in [2.24, 2.45) is 5.92 Å². The SMILES string of the molecule is CNC(C)C1CCCCN1CC(O)CC1CCCC1. The van der Waals surface area contributed by atoms with Crippen LogP contribution < -0.4 is 5.32 Å². The average molecular weight is 268 g/mol. The van der Waals surface area contributed by atoms with Crippen molar-refractivity contribution in [2.75, 3.05) is 20.1 Å². The third-order valence-electron chi connectivity index (χ3n) is 5.22. The summed E-state index contributed by atoms with van der Waals surface area (Å²) in [7, 11) is 2.05. The molecule has 2 N–H and O–H groups in total. The molecule has 1 heterocycles. The molecule has 0 radical (unpaired) electrons. The number of likely N-dealkylation sites (tertiary alicyclic amines) is 1. The van der Waals surface area contributed by atoms with Crippen LogP contribution in [0.1, 0.15) is 58.3 Å². The first kappa shape index (κ1) is 15.3. The maximum Gasteiger partial charge on any atom is 0.0669 e. The molecule has 3 unspecified atom stereocenters. The van der Waals surface area contributed by atoms with Crippen molar-refractivity contribution in [1.82, 2.24) is 10.2 Å². The van der Waals surface area contributed by atoms with Crippen molar-refractivity contribution in [3.8, 4) is 0 Å². The largest absolute Gasteiger partial charge is 0.392 e. The molecular formula is C16H32N2O. The highest BCUT2D eigenvalue weighted by Crippen LogP contribution is 2.29. The second-order valence-electron chi connectivity index (χ2n) is 6.68. The Labute approximate surface area is 118 Å². The highest BCUT2D eigenvalue weighted by atomic mass is 16.3. The van der Waals surface area contributed by atoms with Crippen molar-refractivity contribution in [1.29, 1.82) is 0 Å². The smallest absolute Gasteiger partial charge is 0.0669 e. The summed E-state index contributed by atoms with van der Waals surface area (Å²) < 4.78 is 0. The zero-order valence-corrected chi connectivity index (χ0v) is 12.8. The highest BCUT2D eigenvalue weighted by molar-refractivity contribution is 4.86. The monoisotopic (exact) mass is 268 g/mol. The molecule has 19 heavy (non-hydrogen) atoms. The summed E-state index contributed by atoms with van der Waals surface area (Å²) in [4.78, 5) is 2.53. The van der Waals surface area contributed by atoms with Gasteiger partial charge in [0.25, 0.3) is 0 Å². The van der Waals surface area contributed by atoms with Crippen molar-refractivity contribution >= 4 is 0 Å². The summed E-state index contributed by atoms with van der Waals surface area (Å²) in [5.41, 5.74) is 0. The van der Waals surface area contributed by atoms with Crippen molar-refractivity contribution in [3.63, 3.8) is 0 Å². The summed E-state index contributed by atoms with van der Waals surface area (Å²) in [6.45, 7) is 4.32. The molecule has 1 saturated carbocycles. The van der Waals surface area contributed by atoms with Crippen LogP contribution in [-0.2, 0) is 0 Å². The lowest BCUT2D eigenvalue weighted by Crippen LogP contribution is -2.52. The molecule has 2 aliphatic rings. The Morgan fingerprint density at radius 3 is 2.53 bits per heavy atom. The molecule has 3 heteroatoms. The van der Waals surface area contributed by atoms with Gasteiger partial charge in [-0.1, -0.05) is 32.1 Å². The molecule has 0 bridgehead atoms. The minimum atomic E-state index is -0.118. The Kier molecular flexibility index (Phi) is 6.11. The quantitative estimate of drug-likeness (QED) is 0.776. The molecule has 2 fully saturated rings. The predicted molar refractivity (Wildman–Crippen MR) is 80.3 cm³/mol. The van der Waals surface area contributed by atoms with Crippen LogP contribution in [0.2, 0.25) is 0 Å². The topological polar surface area (TPSA) is 35.5 Å². The molecule has 3 nitrogen and oxygen atoms in total. The first-order chi connectivity index (χ1) is 9.20. The van der Waals surface area contributed by atoms with Gasteiger partial charge in [0.1, 0.15) is 0 Å². The van der Waals surface area contributed by atoms with Crippen LogP contribution in [0.5, 0.6) is 0 Å². The summed E-state index contributed by atoms with van der Waals surface area (Å²) in [6.07, 6.45) is 10.2. The van der Waals surface area contributed by atoms with E-state index in [9.17, 15) is 5.11 Å². The van der Waals surface area contributed by atoms with Gasteiger partial charge in [-0.25, -0.2) is 0 Å². The number of likely N-dealkylation sites (N-methyl/N-ethyl adjacent to an activating group) is 1. The van der Waals surface area contributed by atoms with E-state index in [4.69, 9.17) is 0 Å². The maximum absolute atomic E-state index is 10.4.